The van der Waals surface area contributed by atoms with Crippen LogP contribution in [0, 0.1) is 0 Å². The molecule has 0 aromatic carbocycles. The second kappa shape index (κ2) is 9.04. The van der Waals surface area contributed by atoms with Gasteiger partial charge in [0.05, 0.1) is 13.1 Å². The van der Waals surface area contributed by atoms with Crippen molar-refractivity contribution >= 4 is 16.9 Å². The summed E-state index contributed by atoms with van der Waals surface area (Å²) in [4.78, 5) is 0. The molecule has 0 radical (unpaired) electrons. The third kappa shape index (κ3) is 5.42. The molecule has 0 unspecified atom stereocenters. The van der Waals surface area contributed by atoms with Gasteiger partial charge in [-0.05, 0) is 24.6 Å². The van der Waals surface area contributed by atoms with E-state index in [1.807, 2.05) is 23.9 Å². The van der Waals surface area contributed by atoms with Gasteiger partial charge < -0.3 is 17.0 Å². The summed E-state index contributed by atoms with van der Waals surface area (Å²) in [7, 11) is 0. The van der Waals surface area contributed by atoms with E-state index in [0.717, 1.165) is 12.3 Å². The van der Waals surface area contributed by atoms with Gasteiger partial charge in [-0.25, -0.2) is 0 Å². The summed E-state index contributed by atoms with van der Waals surface area (Å²) in [5.74, 6) is 0.968. The lowest BCUT2D eigenvalue weighted by Gasteiger charge is -2.05. The predicted octanol–water partition coefficient (Wildman–Crippen LogP) is -1.15. The summed E-state index contributed by atoms with van der Waals surface area (Å²) >= 11 is 1.82. The summed E-state index contributed by atoms with van der Waals surface area (Å²) in [6.07, 6.45) is 6.46. The number of rotatable bonds is 4. The molecular formula is C11H19BrN2S. The van der Waals surface area contributed by atoms with E-state index >= 15 is 0 Å². The van der Waals surface area contributed by atoms with Gasteiger partial charge in [0, 0.05) is 5.75 Å². The SMILES string of the molecule is C=CCNC(SCC=C)=[N+]1CCCC1.[Br-]. The molecule has 1 heterocycles. The molecule has 0 saturated carbocycles. The number of halogens is 1. The van der Waals surface area contributed by atoms with Gasteiger partial charge in [-0.1, -0.05) is 18.7 Å². The third-order valence-corrected chi connectivity index (χ3v) is 3.21. The van der Waals surface area contributed by atoms with Crippen LogP contribution < -0.4 is 22.3 Å². The first-order valence-electron chi connectivity index (χ1n) is 5.09. The van der Waals surface area contributed by atoms with E-state index in [-0.39, 0.29) is 17.0 Å². The van der Waals surface area contributed by atoms with Crippen molar-refractivity contribution in [2.24, 2.45) is 0 Å². The Bertz CT molecular complexity index is 217. The van der Waals surface area contributed by atoms with E-state index in [0.29, 0.717) is 0 Å². The maximum absolute atomic E-state index is 3.74. The van der Waals surface area contributed by atoms with Crippen LogP contribution >= 0.6 is 11.8 Å². The molecule has 0 aliphatic carbocycles. The highest BCUT2D eigenvalue weighted by Crippen LogP contribution is 2.08. The fourth-order valence-electron chi connectivity index (χ4n) is 1.47. The van der Waals surface area contributed by atoms with Crippen LogP contribution in [0.15, 0.2) is 25.3 Å². The highest BCUT2D eigenvalue weighted by atomic mass is 79.9. The van der Waals surface area contributed by atoms with E-state index in [1.54, 1.807) is 0 Å². The number of hydrogen-bond acceptors (Lipinski definition) is 1. The molecule has 15 heavy (non-hydrogen) atoms. The van der Waals surface area contributed by atoms with Crippen LogP contribution in [0.4, 0.5) is 0 Å². The molecule has 1 aliphatic heterocycles. The summed E-state index contributed by atoms with van der Waals surface area (Å²) in [5.41, 5.74) is 0. The first kappa shape index (κ1) is 14.8. The van der Waals surface area contributed by atoms with Crippen LogP contribution in [0.1, 0.15) is 12.8 Å². The maximum atomic E-state index is 3.74. The third-order valence-electron chi connectivity index (χ3n) is 2.13. The lowest BCUT2D eigenvalue weighted by Crippen LogP contribution is -3.00. The van der Waals surface area contributed by atoms with Gasteiger partial charge >= 0.3 is 5.17 Å². The minimum atomic E-state index is 0. The average molecular weight is 291 g/mol. The first-order valence-corrected chi connectivity index (χ1v) is 6.07. The lowest BCUT2D eigenvalue weighted by molar-refractivity contribution is -0.505. The van der Waals surface area contributed by atoms with E-state index < -0.39 is 0 Å². The van der Waals surface area contributed by atoms with E-state index in [4.69, 9.17) is 0 Å². The van der Waals surface area contributed by atoms with Gasteiger partial charge in [-0.15, -0.1) is 6.58 Å². The Kier molecular flexibility index (Phi) is 8.91. The molecule has 0 aromatic rings. The first-order chi connectivity index (χ1) is 6.88. The molecule has 0 spiro atoms. The summed E-state index contributed by atoms with van der Waals surface area (Å²) in [6, 6.07) is 0. The van der Waals surface area contributed by atoms with Gasteiger partial charge in [-0.2, -0.15) is 0 Å². The molecule has 2 nitrogen and oxygen atoms in total. The van der Waals surface area contributed by atoms with Gasteiger partial charge in [0.2, 0.25) is 0 Å². The molecule has 1 rings (SSSR count). The van der Waals surface area contributed by atoms with Crippen molar-refractivity contribution in [1.82, 2.24) is 5.32 Å². The van der Waals surface area contributed by atoms with Crippen LogP contribution in [0.2, 0.25) is 0 Å². The molecule has 1 aliphatic rings. The van der Waals surface area contributed by atoms with Crippen molar-refractivity contribution in [1.29, 1.82) is 0 Å². The number of nitrogens with one attached hydrogen (secondary N) is 1. The van der Waals surface area contributed by atoms with Crippen molar-refractivity contribution in [3.8, 4) is 0 Å². The Labute approximate surface area is 107 Å². The number of amidine groups is 1. The lowest BCUT2D eigenvalue weighted by atomic mass is 10.4. The Hall–Kier alpha value is -0.220. The minimum Gasteiger partial charge on any atom is -1.00 e. The Balaban J connectivity index is 0.00000196. The Morgan fingerprint density at radius 2 is 1.93 bits per heavy atom. The average Bonchev–Trinajstić information content (AvgIpc) is 2.71. The molecule has 0 bridgehead atoms. The van der Waals surface area contributed by atoms with Gasteiger partial charge in [0.1, 0.15) is 6.54 Å². The van der Waals surface area contributed by atoms with Crippen LogP contribution in [0.3, 0.4) is 0 Å². The fraction of sp³-hybridized carbons (Fsp3) is 0.545. The highest BCUT2D eigenvalue weighted by molar-refractivity contribution is 8.13. The zero-order valence-corrected chi connectivity index (χ0v) is 11.4. The smallest absolute Gasteiger partial charge is 0.306 e. The van der Waals surface area contributed by atoms with Crippen molar-refractivity contribution in [2.75, 3.05) is 25.4 Å². The molecule has 86 valence electrons. The monoisotopic (exact) mass is 290 g/mol. The fourth-order valence-corrected chi connectivity index (χ4v) is 2.30. The zero-order chi connectivity index (χ0) is 10.2. The topological polar surface area (TPSA) is 15.0 Å². The second-order valence-corrected chi connectivity index (χ2v) is 4.28. The van der Waals surface area contributed by atoms with Crippen LogP contribution in [0.5, 0.6) is 0 Å². The largest absolute Gasteiger partial charge is 1.00 e. The Morgan fingerprint density at radius 1 is 1.27 bits per heavy atom. The normalized spacial score (nSPS) is 14.3. The molecule has 0 atom stereocenters. The van der Waals surface area contributed by atoms with Gasteiger partial charge in [-0.3, -0.25) is 9.89 Å². The van der Waals surface area contributed by atoms with Crippen LogP contribution in [-0.4, -0.2) is 35.1 Å². The molecule has 1 fully saturated rings. The maximum Gasteiger partial charge on any atom is 0.306 e. The van der Waals surface area contributed by atoms with E-state index in [2.05, 4.69) is 23.1 Å². The van der Waals surface area contributed by atoms with Crippen molar-refractivity contribution in [3.63, 3.8) is 0 Å². The van der Waals surface area contributed by atoms with Crippen LogP contribution in [-0.2, 0) is 0 Å². The van der Waals surface area contributed by atoms with E-state index in [9.17, 15) is 0 Å². The summed E-state index contributed by atoms with van der Waals surface area (Å²) in [5, 5.41) is 4.67. The number of nitrogens with zero attached hydrogens (tertiary/aromatic N) is 1. The standard InChI is InChI=1S/C11H18N2S.BrH/c1-3-7-12-11(14-10-4-2)13-8-5-6-9-13;/h3-4H,1-2,5-10H2;1H. The zero-order valence-electron chi connectivity index (χ0n) is 9.04. The molecular weight excluding hydrogens is 272 g/mol. The molecule has 4 heteroatoms. The quantitative estimate of drug-likeness (QED) is 0.400. The van der Waals surface area contributed by atoms with Gasteiger partial charge in [0.15, 0.2) is 0 Å². The minimum absolute atomic E-state index is 0. The second-order valence-electron chi connectivity index (χ2n) is 3.27. The highest BCUT2D eigenvalue weighted by Gasteiger charge is 2.16. The molecule has 1 saturated heterocycles. The summed E-state index contributed by atoms with van der Waals surface area (Å²) in [6.45, 7) is 10.7. The summed E-state index contributed by atoms with van der Waals surface area (Å²) < 4.78 is 2.41. The van der Waals surface area contributed by atoms with Crippen molar-refractivity contribution in [2.45, 2.75) is 12.8 Å². The predicted molar refractivity (Wildman–Crippen MR) is 65.1 cm³/mol. The molecule has 0 amide bonds. The molecule has 0 aromatic heterocycles. The van der Waals surface area contributed by atoms with Gasteiger partial charge in [0.25, 0.3) is 0 Å². The number of thioether (sulfide) groups is 1. The molecule has 1 N–H and O–H groups in total. The number of hydrogen-bond donors (Lipinski definition) is 1. The van der Waals surface area contributed by atoms with Crippen LogP contribution in [0.25, 0.3) is 0 Å². The van der Waals surface area contributed by atoms with Crippen molar-refractivity contribution in [3.05, 3.63) is 25.3 Å². The van der Waals surface area contributed by atoms with Crippen molar-refractivity contribution < 1.29 is 21.6 Å². The van der Waals surface area contributed by atoms with E-state index in [1.165, 1.54) is 31.1 Å². The Morgan fingerprint density at radius 3 is 2.47 bits per heavy atom.